The summed E-state index contributed by atoms with van der Waals surface area (Å²) < 4.78 is 0. The quantitative estimate of drug-likeness (QED) is 0.891. The molecule has 0 bridgehead atoms. The average molecular weight is 258 g/mol. The van der Waals surface area contributed by atoms with Crippen LogP contribution in [0.25, 0.3) is 10.4 Å². The highest BCUT2D eigenvalue weighted by atomic mass is 32.1. The minimum atomic E-state index is 0.529. The summed E-state index contributed by atoms with van der Waals surface area (Å²) in [6, 6.07) is 15.7. The summed E-state index contributed by atoms with van der Waals surface area (Å²) >= 11 is 1.91. The zero-order valence-electron chi connectivity index (χ0n) is 10.6. The lowest BCUT2D eigenvalue weighted by Gasteiger charge is -2.32. The fourth-order valence-electron chi connectivity index (χ4n) is 2.41. The van der Waals surface area contributed by atoms with Crippen LogP contribution < -0.4 is 5.32 Å². The highest BCUT2D eigenvalue weighted by Crippen LogP contribution is 2.33. The molecule has 0 radical (unpaired) electrons. The molecule has 1 atom stereocenters. The molecule has 2 aromatic rings. The minimum Gasteiger partial charge on any atom is -0.314 e. The molecule has 1 aromatic carbocycles. The van der Waals surface area contributed by atoms with Crippen molar-refractivity contribution in [1.82, 2.24) is 10.2 Å². The monoisotopic (exact) mass is 258 g/mol. The van der Waals surface area contributed by atoms with Gasteiger partial charge in [0.1, 0.15) is 0 Å². The van der Waals surface area contributed by atoms with Gasteiger partial charge in [0.15, 0.2) is 0 Å². The maximum Gasteiger partial charge on any atom is 0.0564 e. The van der Waals surface area contributed by atoms with Gasteiger partial charge in [0.2, 0.25) is 0 Å². The van der Waals surface area contributed by atoms with Gasteiger partial charge in [-0.3, -0.25) is 4.90 Å². The van der Waals surface area contributed by atoms with Crippen LogP contribution in [0.3, 0.4) is 0 Å². The Hall–Kier alpha value is -1.16. The Morgan fingerprint density at radius 2 is 2.00 bits per heavy atom. The van der Waals surface area contributed by atoms with Gasteiger partial charge in [-0.1, -0.05) is 30.3 Å². The third kappa shape index (κ3) is 2.34. The van der Waals surface area contributed by atoms with E-state index < -0.39 is 0 Å². The lowest BCUT2D eigenvalue weighted by molar-refractivity contribution is 0.205. The predicted octanol–water partition coefficient (Wildman–Crippen LogP) is 2.99. The first-order valence-electron chi connectivity index (χ1n) is 6.41. The smallest absolute Gasteiger partial charge is 0.0564 e. The molecule has 0 spiro atoms. The molecule has 1 aliphatic rings. The van der Waals surface area contributed by atoms with Crippen molar-refractivity contribution < 1.29 is 0 Å². The lowest BCUT2D eigenvalue weighted by Crippen LogP contribution is -2.43. The molecule has 0 aliphatic carbocycles. The lowest BCUT2D eigenvalue weighted by atomic mass is 10.1. The zero-order valence-corrected chi connectivity index (χ0v) is 11.4. The van der Waals surface area contributed by atoms with Gasteiger partial charge in [-0.05, 0) is 24.7 Å². The molecule has 3 heteroatoms. The molecule has 1 fully saturated rings. The molecule has 2 heterocycles. The van der Waals surface area contributed by atoms with Gasteiger partial charge in [-0.2, -0.15) is 0 Å². The SMILES string of the molecule is CN1CCNCC1c1ccc(-c2ccccc2)s1. The van der Waals surface area contributed by atoms with Gasteiger partial charge in [0.25, 0.3) is 0 Å². The first-order chi connectivity index (χ1) is 8.84. The first kappa shape index (κ1) is 11.9. The summed E-state index contributed by atoms with van der Waals surface area (Å²) in [6.45, 7) is 3.29. The van der Waals surface area contributed by atoms with E-state index in [1.165, 1.54) is 15.3 Å². The maximum absolute atomic E-state index is 3.48. The summed E-state index contributed by atoms with van der Waals surface area (Å²) in [4.78, 5) is 5.27. The molecule has 2 nitrogen and oxygen atoms in total. The number of nitrogens with zero attached hydrogens (tertiary/aromatic N) is 1. The second kappa shape index (κ2) is 5.22. The van der Waals surface area contributed by atoms with Crippen LogP contribution in [-0.2, 0) is 0 Å². The van der Waals surface area contributed by atoms with Crippen LogP contribution in [0.2, 0.25) is 0 Å². The van der Waals surface area contributed by atoms with E-state index in [9.17, 15) is 0 Å². The Morgan fingerprint density at radius 1 is 1.17 bits per heavy atom. The number of rotatable bonds is 2. The Morgan fingerprint density at radius 3 is 2.78 bits per heavy atom. The van der Waals surface area contributed by atoms with E-state index in [2.05, 4.69) is 59.7 Å². The van der Waals surface area contributed by atoms with Crippen LogP contribution in [0.4, 0.5) is 0 Å². The molecule has 1 unspecified atom stereocenters. The largest absolute Gasteiger partial charge is 0.314 e. The van der Waals surface area contributed by atoms with Gasteiger partial charge in [0.05, 0.1) is 6.04 Å². The van der Waals surface area contributed by atoms with Crippen molar-refractivity contribution in [3.8, 4) is 10.4 Å². The van der Waals surface area contributed by atoms with E-state index in [0.717, 1.165) is 19.6 Å². The van der Waals surface area contributed by atoms with E-state index in [4.69, 9.17) is 0 Å². The second-order valence-corrected chi connectivity index (χ2v) is 5.88. The first-order valence-corrected chi connectivity index (χ1v) is 7.22. The molecule has 0 amide bonds. The molecule has 94 valence electrons. The Bertz CT molecular complexity index is 506. The summed E-state index contributed by atoms with van der Waals surface area (Å²) in [7, 11) is 2.22. The number of hydrogen-bond donors (Lipinski definition) is 1. The highest BCUT2D eigenvalue weighted by Gasteiger charge is 2.21. The predicted molar refractivity (Wildman–Crippen MR) is 78.0 cm³/mol. The Kier molecular flexibility index (Phi) is 3.46. The normalized spacial score (nSPS) is 21.1. The third-order valence-corrected chi connectivity index (χ3v) is 4.76. The van der Waals surface area contributed by atoms with Crippen molar-refractivity contribution >= 4 is 11.3 Å². The van der Waals surface area contributed by atoms with E-state index in [1.807, 2.05) is 11.3 Å². The van der Waals surface area contributed by atoms with Gasteiger partial charge in [0, 0.05) is 29.4 Å². The Balaban J connectivity index is 1.85. The fraction of sp³-hybridized carbons (Fsp3) is 0.333. The Labute approximate surface area is 112 Å². The van der Waals surface area contributed by atoms with Crippen LogP contribution in [0.5, 0.6) is 0 Å². The summed E-state index contributed by atoms with van der Waals surface area (Å²) in [5, 5.41) is 3.48. The molecule has 18 heavy (non-hydrogen) atoms. The van der Waals surface area contributed by atoms with E-state index in [1.54, 1.807) is 0 Å². The van der Waals surface area contributed by atoms with Crippen molar-refractivity contribution in [1.29, 1.82) is 0 Å². The van der Waals surface area contributed by atoms with E-state index in [-0.39, 0.29) is 0 Å². The minimum absolute atomic E-state index is 0.529. The molecule has 3 rings (SSSR count). The third-order valence-electron chi connectivity index (χ3n) is 3.52. The second-order valence-electron chi connectivity index (χ2n) is 4.77. The number of nitrogens with one attached hydrogen (secondary N) is 1. The van der Waals surface area contributed by atoms with E-state index in [0.29, 0.717) is 6.04 Å². The standard InChI is InChI=1S/C15H18N2S/c1-17-10-9-16-11-13(17)15-8-7-14(18-15)12-5-3-2-4-6-12/h2-8,13,16H,9-11H2,1H3. The van der Waals surface area contributed by atoms with Crippen molar-refractivity contribution in [3.63, 3.8) is 0 Å². The maximum atomic E-state index is 3.48. The highest BCUT2D eigenvalue weighted by molar-refractivity contribution is 7.15. The number of thiophene rings is 1. The van der Waals surface area contributed by atoms with Gasteiger partial charge in [-0.15, -0.1) is 11.3 Å². The van der Waals surface area contributed by atoms with Crippen molar-refractivity contribution in [2.45, 2.75) is 6.04 Å². The van der Waals surface area contributed by atoms with E-state index >= 15 is 0 Å². The van der Waals surface area contributed by atoms with Crippen LogP contribution in [0.1, 0.15) is 10.9 Å². The van der Waals surface area contributed by atoms with Gasteiger partial charge >= 0.3 is 0 Å². The molecule has 1 saturated heterocycles. The molecule has 1 aromatic heterocycles. The number of benzene rings is 1. The summed E-state index contributed by atoms with van der Waals surface area (Å²) in [5.74, 6) is 0. The molecule has 1 aliphatic heterocycles. The fourth-order valence-corrected chi connectivity index (χ4v) is 3.59. The number of piperazine rings is 1. The summed E-state index contributed by atoms with van der Waals surface area (Å²) in [5.41, 5.74) is 1.32. The average Bonchev–Trinajstić information content (AvgIpc) is 2.90. The molecule has 1 N–H and O–H groups in total. The van der Waals surface area contributed by atoms with Crippen LogP contribution in [0, 0.1) is 0 Å². The topological polar surface area (TPSA) is 15.3 Å². The molecular formula is C15H18N2S. The van der Waals surface area contributed by atoms with Crippen LogP contribution in [0.15, 0.2) is 42.5 Å². The number of hydrogen-bond acceptors (Lipinski definition) is 3. The van der Waals surface area contributed by atoms with Crippen molar-refractivity contribution in [2.24, 2.45) is 0 Å². The molecular weight excluding hydrogens is 240 g/mol. The van der Waals surface area contributed by atoms with Crippen LogP contribution in [-0.4, -0.2) is 31.6 Å². The summed E-state index contributed by atoms with van der Waals surface area (Å²) in [6.07, 6.45) is 0. The van der Waals surface area contributed by atoms with Crippen molar-refractivity contribution in [3.05, 3.63) is 47.3 Å². The molecule has 0 saturated carbocycles. The van der Waals surface area contributed by atoms with Gasteiger partial charge < -0.3 is 5.32 Å². The zero-order chi connectivity index (χ0) is 12.4. The van der Waals surface area contributed by atoms with Crippen molar-refractivity contribution in [2.75, 3.05) is 26.7 Å². The van der Waals surface area contributed by atoms with Gasteiger partial charge in [-0.25, -0.2) is 0 Å². The number of likely N-dealkylation sites (N-methyl/N-ethyl adjacent to an activating group) is 1. The van der Waals surface area contributed by atoms with Crippen LogP contribution >= 0.6 is 11.3 Å².